The van der Waals surface area contributed by atoms with Crippen LogP contribution in [0.4, 0.5) is 17.5 Å². The van der Waals surface area contributed by atoms with Gasteiger partial charge in [-0.2, -0.15) is 4.98 Å². The van der Waals surface area contributed by atoms with Gasteiger partial charge in [-0.15, -0.1) is 21.5 Å². The molecule has 7 heterocycles. The number of carbonyl (C=O) groups excluding carboxylic acids is 1. The summed E-state index contributed by atoms with van der Waals surface area (Å²) in [5, 5.41) is 17.0. The monoisotopic (exact) mass is 845 g/mol. The van der Waals surface area contributed by atoms with Crippen molar-refractivity contribution in [1.29, 1.82) is 0 Å². The third-order valence-electron chi connectivity index (χ3n) is 12.8. The van der Waals surface area contributed by atoms with Crippen LogP contribution in [0.25, 0.3) is 15.9 Å². The van der Waals surface area contributed by atoms with Crippen LogP contribution in [0.5, 0.6) is 5.75 Å². The lowest BCUT2D eigenvalue weighted by atomic mass is 9.65. The van der Waals surface area contributed by atoms with E-state index in [1.165, 1.54) is 40.6 Å². The number of amides is 1. The summed E-state index contributed by atoms with van der Waals surface area (Å²) in [5.41, 5.74) is 7.03. The van der Waals surface area contributed by atoms with Gasteiger partial charge in [0.1, 0.15) is 21.9 Å². The first-order valence-electron chi connectivity index (χ1n) is 20.5. The zero-order valence-corrected chi connectivity index (χ0v) is 36.2. The number of nitrogens with one attached hydrogen (secondary N) is 2. The normalized spacial score (nSPS) is 17.6. The van der Waals surface area contributed by atoms with E-state index in [4.69, 9.17) is 31.3 Å². The number of ether oxygens (including phenoxy) is 1. The predicted octanol–water partition coefficient (Wildman–Crippen LogP) is 7.67. The van der Waals surface area contributed by atoms with E-state index in [1.54, 1.807) is 30.6 Å². The number of thiophene rings is 1. The van der Waals surface area contributed by atoms with Gasteiger partial charge in [-0.1, -0.05) is 11.6 Å². The van der Waals surface area contributed by atoms with Crippen LogP contribution < -0.4 is 25.8 Å². The quantitative estimate of drug-likeness (QED) is 0.156. The molecule has 1 saturated heterocycles. The Hall–Kier alpha value is -5.67. The molecule has 1 amide bonds. The molecule has 2 N–H and O–H groups in total. The summed E-state index contributed by atoms with van der Waals surface area (Å²) in [6.45, 7) is 9.95. The van der Waals surface area contributed by atoms with Gasteiger partial charge < -0.3 is 24.8 Å². The molecule has 1 saturated carbocycles. The number of halogens is 1. The highest BCUT2D eigenvalue weighted by molar-refractivity contribution is 7.15. The van der Waals surface area contributed by atoms with E-state index in [2.05, 4.69) is 68.2 Å². The van der Waals surface area contributed by atoms with Crippen molar-refractivity contribution in [3.8, 4) is 10.8 Å². The number of hydrogen-bond donors (Lipinski definition) is 2. The largest absolute Gasteiger partial charge is 0.478 e. The first kappa shape index (κ1) is 39.8. The van der Waals surface area contributed by atoms with E-state index < -0.39 is 0 Å². The van der Waals surface area contributed by atoms with Gasteiger partial charge in [0.25, 0.3) is 11.5 Å². The highest BCUT2D eigenvalue weighted by Crippen LogP contribution is 2.49. The van der Waals surface area contributed by atoms with Crippen molar-refractivity contribution in [1.82, 2.24) is 39.6 Å². The van der Waals surface area contributed by atoms with Gasteiger partial charge in [0.2, 0.25) is 5.95 Å². The van der Waals surface area contributed by atoms with Crippen molar-refractivity contribution in [3.63, 3.8) is 0 Å². The Labute approximate surface area is 357 Å². The van der Waals surface area contributed by atoms with Crippen LogP contribution in [-0.4, -0.2) is 72.6 Å². The van der Waals surface area contributed by atoms with Gasteiger partial charge in [-0.3, -0.25) is 24.1 Å². The number of carbonyl (C=O) groups is 1. The lowest BCUT2D eigenvalue weighted by Gasteiger charge is -2.46. The Balaban J connectivity index is 0.842. The van der Waals surface area contributed by atoms with E-state index in [0.717, 1.165) is 88.9 Å². The number of benzene rings is 1. The Morgan fingerprint density at radius 1 is 1.02 bits per heavy atom. The number of rotatable bonds is 8. The van der Waals surface area contributed by atoms with Crippen molar-refractivity contribution in [2.45, 2.75) is 78.2 Å². The molecule has 3 aliphatic rings. The Morgan fingerprint density at radius 3 is 2.53 bits per heavy atom. The SMILES string of the molecule is CNC(=O)COc1cc2cc(Nc3nc(N4CCC5(CCC(c6ccc(C7=N[C@@H](C)c8nnc(C)n8-c8sc(C)c(C)c87)cn6)CC5)CC4)ncc3Cl)ccc2n(C)c1=O. The molecule has 2 fully saturated rings. The zero-order valence-electron chi connectivity index (χ0n) is 34.7. The minimum absolute atomic E-state index is 0.0945. The standard InChI is InChI=1S/C44H48ClN11O3S/c1-24-26(3)60-42-37(24)38(49-25(2)40-53-52-27(4)56(40)42)29-7-9-33(47-21-29)28-11-13-44(14-12-28)15-17-55(18-16-44)43-48-22-32(45)39(51-43)50-31-8-10-34-30(19-31)20-35(41(58)54(34)6)59-23-36(57)46-5/h7-10,19-22,25,28H,11-18,23H2,1-6H3,(H,46,57)(H,48,50,51)/t25-/m0/s1. The Kier molecular flexibility index (Phi) is 10.4. The smallest absolute Gasteiger partial charge is 0.293 e. The van der Waals surface area contributed by atoms with Gasteiger partial charge in [0, 0.05) is 72.1 Å². The summed E-state index contributed by atoms with van der Waals surface area (Å²) in [5.74, 6) is 3.11. The Morgan fingerprint density at radius 2 is 1.80 bits per heavy atom. The number of nitrogens with zero attached hydrogens (tertiary/aromatic N) is 9. The van der Waals surface area contributed by atoms with Gasteiger partial charge in [0.05, 0.1) is 17.4 Å². The van der Waals surface area contributed by atoms with Crippen LogP contribution in [0.1, 0.15) is 96.3 Å². The molecule has 0 unspecified atom stereocenters. The fourth-order valence-corrected chi connectivity index (χ4v) is 10.4. The summed E-state index contributed by atoms with van der Waals surface area (Å²) >= 11 is 8.40. The zero-order chi connectivity index (χ0) is 41.9. The second-order valence-corrected chi connectivity index (χ2v) is 18.0. The third kappa shape index (κ3) is 7.21. The molecule has 6 aromatic rings. The van der Waals surface area contributed by atoms with Crippen LogP contribution >= 0.6 is 22.9 Å². The lowest BCUT2D eigenvalue weighted by molar-refractivity contribution is -0.122. The number of anilines is 3. The second-order valence-electron chi connectivity index (χ2n) is 16.4. The highest BCUT2D eigenvalue weighted by atomic mass is 35.5. The van der Waals surface area contributed by atoms with E-state index in [9.17, 15) is 9.59 Å². The van der Waals surface area contributed by atoms with Gasteiger partial charge in [0.15, 0.2) is 24.0 Å². The van der Waals surface area contributed by atoms with E-state index in [-0.39, 0.29) is 29.9 Å². The number of aliphatic imine (C=N–C) groups is 1. The summed E-state index contributed by atoms with van der Waals surface area (Å²) in [6.07, 6.45) is 10.4. The molecule has 16 heteroatoms. The van der Waals surface area contributed by atoms with Crippen LogP contribution in [0.3, 0.4) is 0 Å². The average molecular weight is 846 g/mol. The average Bonchev–Trinajstić information content (AvgIpc) is 3.75. The third-order valence-corrected chi connectivity index (χ3v) is 14.3. The van der Waals surface area contributed by atoms with Crippen molar-refractivity contribution in [2.75, 3.05) is 37.0 Å². The molecule has 0 radical (unpaired) electrons. The number of aryl methyl sites for hydroxylation is 3. The first-order chi connectivity index (χ1) is 28.9. The molecule has 1 aromatic carbocycles. The Bertz CT molecular complexity index is 2720. The number of piperidine rings is 1. The molecule has 9 rings (SSSR count). The molecule has 310 valence electrons. The van der Waals surface area contributed by atoms with Crippen molar-refractivity contribution < 1.29 is 9.53 Å². The van der Waals surface area contributed by atoms with Crippen molar-refractivity contribution in [2.24, 2.45) is 17.5 Å². The van der Waals surface area contributed by atoms with Crippen LogP contribution in [0.2, 0.25) is 5.02 Å². The van der Waals surface area contributed by atoms with Gasteiger partial charge in [-0.25, -0.2) is 4.98 Å². The maximum Gasteiger partial charge on any atom is 0.293 e. The molecule has 0 bridgehead atoms. The topological polar surface area (TPSA) is 157 Å². The molecule has 60 heavy (non-hydrogen) atoms. The van der Waals surface area contributed by atoms with Gasteiger partial charge in [-0.05, 0) is 114 Å². The summed E-state index contributed by atoms with van der Waals surface area (Å²) in [6, 6.07) is 11.6. The minimum atomic E-state index is -0.323. The van der Waals surface area contributed by atoms with Crippen molar-refractivity contribution in [3.05, 3.63) is 103 Å². The van der Waals surface area contributed by atoms with E-state index in [0.29, 0.717) is 28.1 Å². The highest BCUT2D eigenvalue weighted by Gasteiger charge is 2.39. The number of aromatic nitrogens is 7. The van der Waals surface area contributed by atoms with Crippen LogP contribution in [0, 0.1) is 26.2 Å². The van der Waals surface area contributed by atoms with Gasteiger partial charge >= 0.3 is 0 Å². The minimum Gasteiger partial charge on any atom is -0.478 e. The van der Waals surface area contributed by atoms with Crippen LogP contribution in [0.15, 0.2) is 58.6 Å². The first-order valence-corrected chi connectivity index (χ1v) is 21.7. The van der Waals surface area contributed by atoms with E-state index >= 15 is 0 Å². The molecular formula is C44H48ClN11O3S. The fraction of sp³-hybridized carbons (Fsp3) is 0.409. The number of pyridine rings is 2. The fourth-order valence-electron chi connectivity index (χ4n) is 9.06. The maximum atomic E-state index is 12.8. The summed E-state index contributed by atoms with van der Waals surface area (Å²) < 4.78 is 9.21. The molecule has 1 spiro atoms. The van der Waals surface area contributed by atoms with Crippen LogP contribution in [-0.2, 0) is 11.8 Å². The number of likely N-dealkylation sites (N-methyl/N-ethyl adjacent to an activating group) is 1. The predicted molar refractivity (Wildman–Crippen MR) is 236 cm³/mol. The maximum absolute atomic E-state index is 12.8. The molecule has 2 aliphatic heterocycles. The molecule has 1 aliphatic carbocycles. The number of fused-ring (bicyclic) bond motifs is 4. The van der Waals surface area contributed by atoms with Crippen molar-refractivity contribution >= 4 is 62.9 Å². The molecule has 1 atom stereocenters. The second kappa shape index (κ2) is 15.7. The molecular weight excluding hydrogens is 798 g/mol. The summed E-state index contributed by atoms with van der Waals surface area (Å²) in [4.78, 5) is 47.9. The summed E-state index contributed by atoms with van der Waals surface area (Å²) in [7, 11) is 3.19. The molecule has 14 nitrogen and oxygen atoms in total. The lowest BCUT2D eigenvalue weighted by Crippen LogP contribution is -2.42. The molecule has 5 aromatic heterocycles. The van der Waals surface area contributed by atoms with E-state index in [1.807, 2.05) is 31.3 Å². The number of hydrogen-bond acceptors (Lipinski definition) is 12.